The molecule has 0 saturated carbocycles. The van der Waals surface area contributed by atoms with Gasteiger partial charge in [-0.15, -0.1) is 0 Å². The van der Waals surface area contributed by atoms with E-state index in [1.165, 1.54) is 24.2 Å². The molecule has 1 heterocycles. The Labute approximate surface area is 177 Å². The molecule has 2 aromatic carbocycles. The van der Waals surface area contributed by atoms with Gasteiger partial charge >= 0.3 is 0 Å². The lowest BCUT2D eigenvalue weighted by Gasteiger charge is -2.29. The second kappa shape index (κ2) is 7.79. The predicted octanol–water partition coefficient (Wildman–Crippen LogP) is 3.76. The largest absolute Gasteiger partial charge is 0.503 e. The Hall–Kier alpha value is -2.23. The van der Waals surface area contributed by atoms with Gasteiger partial charge in [-0.25, -0.2) is 0 Å². The van der Waals surface area contributed by atoms with Gasteiger partial charge < -0.3 is 9.84 Å². The standard InChI is InChI=1S/C18H12Br2N2O4S/c1-26-14-7-9(6-13(20)15(14)23)5-12-16(24)21-18(27)22(17(12)25)11-4-2-3-10(19)8-11/h2-8,23H,1H3,(H,21,24,27)/b12-5-. The van der Waals surface area contributed by atoms with E-state index < -0.39 is 11.8 Å². The summed E-state index contributed by atoms with van der Waals surface area (Å²) in [6.07, 6.45) is 1.41. The molecule has 0 radical (unpaired) electrons. The normalized spacial score (nSPS) is 15.9. The number of hydrogen-bond acceptors (Lipinski definition) is 5. The number of carbonyl (C=O) groups excluding carboxylic acids is 2. The minimum absolute atomic E-state index is 0.00437. The maximum atomic E-state index is 13.0. The van der Waals surface area contributed by atoms with Crippen molar-refractivity contribution >= 4 is 72.8 Å². The number of halogens is 2. The summed E-state index contributed by atoms with van der Waals surface area (Å²) in [6, 6.07) is 10.1. The first-order valence-corrected chi connectivity index (χ1v) is 9.54. The zero-order valence-electron chi connectivity index (χ0n) is 13.8. The van der Waals surface area contributed by atoms with Crippen LogP contribution < -0.4 is 15.0 Å². The van der Waals surface area contributed by atoms with Crippen LogP contribution in [0.4, 0.5) is 5.69 Å². The number of anilines is 1. The zero-order chi connectivity index (χ0) is 19.7. The van der Waals surface area contributed by atoms with E-state index in [-0.39, 0.29) is 22.2 Å². The zero-order valence-corrected chi connectivity index (χ0v) is 17.8. The van der Waals surface area contributed by atoms with Crippen LogP contribution in [0.15, 0.2) is 50.9 Å². The smallest absolute Gasteiger partial charge is 0.270 e. The number of benzene rings is 2. The Balaban J connectivity index is 2.06. The van der Waals surface area contributed by atoms with Crippen LogP contribution in [0.5, 0.6) is 11.5 Å². The van der Waals surface area contributed by atoms with E-state index in [1.54, 1.807) is 24.3 Å². The van der Waals surface area contributed by atoms with Gasteiger partial charge in [-0.3, -0.25) is 19.8 Å². The third kappa shape index (κ3) is 3.90. The molecule has 2 aromatic rings. The highest BCUT2D eigenvalue weighted by atomic mass is 79.9. The first-order chi connectivity index (χ1) is 12.8. The van der Waals surface area contributed by atoms with Gasteiger partial charge in [0.15, 0.2) is 16.6 Å². The van der Waals surface area contributed by atoms with Crippen LogP contribution in [0.25, 0.3) is 6.08 Å². The summed E-state index contributed by atoms with van der Waals surface area (Å²) in [4.78, 5) is 26.6. The number of amides is 2. The molecule has 27 heavy (non-hydrogen) atoms. The lowest BCUT2D eigenvalue weighted by atomic mass is 10.1. The number of rotatable bonds is 3. The molecule has 1 aliphatic rings. The lowest BCUT2D eigenvalue weighted by Crippen LogP contribution is -2.54. The number of nitrogens with one attached hydrogen (secondary N) is 1. The van der Waals surface area contributed by atoms with Gasteiger partial charge in [-0.05, 0) is 70.1 Å². The molecule has 1 fully saturated rings. The summed E-state index contributed by atoms with van der Waals surface area (Å²) < 4.78 is 6.24. The number of phenolic OH excluding ortho intramolecular Hbond substituents is 1. The third-order valence-electron chi connectivity index (χ3n) is 3.75. The molecule has 1 saturated heterocycles. The average molecular weight is 512 g/mol. The van der Waals surface area contributed by atoms with Crippen molar-refractivity contribution in [3.05, 3.63) is 56.5 Å². The van der Waals surface area contributed by atoms with E-state index in [9.17, 15) is 14.7 Å². The Morgan fingerprint density at radius 1 is 1.22 bits per heavy atom. The molecule has 0 aromatic heterocycles. The van der Waals surface area contributed by atoms with Crippen molar-refractivity contribution in [2.45, 2.75) is 0 Å². The van der Waals surface area contributed by atoms with Gasteiger partial charge in [0.25, 0.3) is 11.8 Å². The molecular formula is C18H12Br2N2O4S. The molecule has 0 bridgehead atoms. The molecule has 0 unspecified atom stereocenters. The van der Waals surface area contributed by atoms with E-state index in [0.29, 0.717) is 15.7 Å². The first kappa shape index (κ1) is 19.5. The summed E-state index contributed by atoms with van der Waals surface area (Å²) >= 11 is 11.7. The molecule has 2 N–H and O–H groups in total. The van der Waals surface area contributed by atoms with Crippen molar-refractivity contribution in [2.75, 3.05) is 12.0 Å². The van der Waals surface area contributed by atoms with E-state index >= 15 is 0 Å². The SMILES string of the molecule is COc1cc(/C=C2/C(=O)NC(=S)N(c3cccc(Br)c3)C2=O)cc(Br)c1O. The number of methoxy groups -OCH3 is 1. The van der Waals surface area contributed by atoms with Crippen molar-refractivity contribution in [1.82, 2.24) is 5.32 Å². The number of phenols is 1. The number of hydrogen-bond donors (Lipinski definition) is 2. The summed E-state index contributed by atoms with van der Waals surface area (Å²) in [5.74, 6) is -1.01. The summed E-state index contributed by atoms with van der Waals surface area (Å²) in [5.41, 5.74) is 0.926. The fourth-order valence-electron chi connectivity index (χ4n) is 2.51. The number of carbonyl (C=O) groups is 2. The van der Waals surface area contributed by atoms with Gasteiger partial charge in [0.05, 0.1) is 17.3 Å². The van der Waals surface area contributed by atoms with E-state index in [4.69, 9.17) is 17.0 Å². The Morgan fingerprint density at radius 3 is 2.63 bits per heavy atom. The Morgan fingerprint density at radius 2 is 1.96 bits per heavy atom. The molecule has 6 nitrogen and oxygen atoms in total. The van der Waals surface area contributed by atoms with Gasteiger partial charge in [0.1, 0.15) is 5.57 Å². The van der Waals surface area contributed by atoms with Crippen LogP contribution in [-0.4, -0.2) is 29.1 Å². The van der Waals surface area contributed by atoms with Crippen LogP contribution in [0.2, 0.25) is 0 Å². The van der Waals surface area contributed by atoms with Gasteiger partial charge in [0.2, 0.25) is 0 Å². The minimum Gasteiger partial charge on any atom is -0.503 e. The van der Waals surface area contributed by atoms with Crippen molar-refractivity contribution in [3.8, 4) is 11.5 Å². The highest BCUT2D eigenvalue weighted by Gasteiger charge is 2.34. The molecule has 138 valence electrons. The number of thiocarbonyl (C=S) groups is 1. The molecule has 0 aliphatic carbocycles. The number of aromatic hydroxyl groups is 1. The second-order valence-electron chi connectivity index (χ2n) is 5.49. The molecule has 0 spiro atoms. The van der Waals surface area contributed by atoms with Gasteiger partial charge in [0, 0.05) is 4.47 Å². The first-order valence-electron chi connectivity index (χ1n) is 7.55. The molecule has 2 amide bonds. The Bertz CT molecular complexity index is 1010. The van der Waals surface area contributed by atoms with Crippen molar-refractivity contribution in [3.63, 3.8) is 0 Å². The molecule has 0 atom stereocenters. The van der Waals surface area contributed by atoms with Crippen LogP contribution in [-0.2, 0) is 9.59 Å². The predicted molar refractivity (Wildman–Crippen MR) is 113 cm³/mol. The van der Waals surface area contributed by atoms with Gasteiger partial charge in [-0.2, -0.15) is 0 Å². The maximum Gasteiger partial charge on any atom is 0.270 e. The van der Waals surface area contributed by atoms with Crippen molar-refractivity contribution in [1.29, 1.82) is 0 Å². The third-order valence-corrected chi connectivity index (χ3v) is 5.13. The van der Waals surface area contributed by atoms with Crippen LogP contribution in [0, 0.1) is 0 Å². The Kier molecular flexibility index (Phi) is 5.64. The van der Waals surface area contributed by atoms with Gasteiger partial charge in [-0.1, -0.05) is 22.0 Å². The topological polar surface area (TPSA) is 78.9 Å². The highest BCUT2D eigenvalue weighted by Crippen LogP contribution is 2.36. The molecular weight excluding hydrogens is 500 g/mol. The minimum atomic E-state index is -0.598. The fraction of sp³-hybridized carbons (Fsp3) is 0.0556. The fourth-order valence-corrected chi connectivity index (χ4v) is 3.63. The molecule has 1 aliphatic heterocycles. The monoisotopic (exact) mass is 510 g/mol. The highest BCUT2D eigenvalue weighted by molar-refractivity contribution is 9.10. The maximum absolute atomic E-state index is 13.0. The van der Waals surface area contributed by atoms with Crippen LogP contribution >= 0.6 is 44.1 Å². The summed E-state index contributed by atoms with van der Waals surface area (Å²) in [7, 11) is 1.41. The van der Waals surface area contributed by atoms with Crippen LogP contribution in [0.3, 0.4) is 0 Å². The summed E-state index contributed by atoms with van der Waals surface area (Å²) in [5, 5.41) is 12.4. The number of nitrogens with zero attached hydrogens (tertiary/aromatic N) is 1. The number of ether oxygens (including phenoxy) is 1. The van der Waals surface area contributed by atoms with Crippen LogP contribution in [0.1, 0.15) is 5.56 Å². The molecule has 3 rings (SSSR count). The second-order valence-corrected chi connectivity index (χ2v) is 7.65. The van der Waals surface area contributed by atoms with E-state index in [2.05, 4.69) is 37.2 Å². The van der Waals surface area contributed by atoms with Crippen molar-refractivity contribution in [2.24, 2.45) is 0 Å². The molecule has 9 heteroatoms. The lowest BCUT2D eigenvalue weighted by molar-refractivity contribution is -0.122. The van der Waals surface area contributed by atoms with E-state index in [0.717, 1.165) is 4.47 Å². The quantitative estimate of drug-likeness (QED) is 0.372. The van der Waals surface area contributed by atoms with E-state index in [1.807, 2.05) is 6.07 Å². The summed E-state index contributed by atoms with van der Waals surface area (Å²) in [6.45, 7) is 0. The van der Waals surface area contributed by atoms with Crippen molar-refractivity contribution < 1.29 is 19.4 Å². The average Bonchev–Trinajstić information content (AvgIpc) is 2.61.